The van der Waals surface area contributed by atoms with Crippen LogP contribution >= 0.6 is 35.3 Å². The van der Waals surface area contributed by atoms with E-state index in [0.717, 1.165) is 51.3 Å². The van der Waals surface area contributed by atoms with Gasteiger partial charge in [-0.3, -0.25) is 4.99 Å². The van der Waals surface area contributed by atoms with Gasteiger partial charge in [0.05, 0.1) is 17.3 Å². The first kappa shape index (κ1) is 22.8. The minimum absolute atomic E-state index is 0. The number of fused-ring (bicyclic) bond motifs is 1. The van der Waals surface area contributed by atoms with Crippen LogP contribution in [0.5, 0.6) is 0 Å². The first-order valence-corrected chi connectivity index (χ1v) is 10.7. The lowest BCUT2D eigenvalue weighted by Gasteiger charge is -2.27. The van der Waals surface area contributed by atoms with Gasteiger partial charge in [-0.15, -0.1) is 35.3 Å². The van der Waals surface area contributed by atoms with Crippen LogP contribution in [0.2, 0.25) is 0 Å². The zero-order valence-corrected chi connectivity index (χ0v) is 19.4. The van der Waals surface area contributed by atoms with Crippen molar-refractivity contribution in [3.8, 4) is 0 Å². The number of aliphatic hydroxyl groups excluding tert-OH is 1. The van der Waals surface area contributed by atoms with E-state index in [-0.39, 0.29) is 36.0 Å². The molecule has 0 spiro atoms. The highest BCUT2D eigenvalue weighted by Crippen LogP contribution is 2.31. The van der Waals surface area contributed by atoms with Crippen LogP contribution in [-0.2, 0) is 24.0 Å². The SMILES string of the molecule is CN=C(NCCCc1nc2c(s1)CCCC2)NCC1(CCO)CCOC1.I. The van der Waals surface area contributed by atoms with E-state index in [1.807, 2.05) is 11.3 Å². The van der Waals surface area contributed by atoms with Gasteiger partial charge in [0.2, 0.25) is 0 Å². The van der Waals surface area contributed by atoms with Crippen LogP contribution in [0.1, 0.15) is 47.7 Å². The minimum Gasteiger partial charge on any atom is -0.396 e. The molecule has 0 saturated carbocycles. The number of aryl methyl sites for hydroxylation is 3. The van der Waals surface area contributed by atoms with Crippen molar-refractivity contribution >= 4 is 41.3 Å². The van der Waals surface area contributed by atoms with Crippen molar-refractivity contribution in [1.29, 1.82) is 0 Å². The largest absolute Gasteiger partial charge is 0.396 e. The van der Waals surface area contributed by atoms with Gasteiger partial charge in [-0.1, -0.05) is 0 Å². The Bertz CT molecular complexity index is 579. The molecule has 2 heterocycles. The second-order valence-electron chi connectivity index (χ2n) is 7.42. The molecule has 27 heavy (non-hydrogen) atoms. The van der Waals surface area contributed by atoms with Crippen LogP contribution in [0, 0.1) is 5.41 Å². The predicted octanol–water partition coefficient (Wildman–Crippen LogP) is 2.53. The smallest absolute Gasteiger partial charge is 0.190 e. The number of nitrogens with zero attached hydrogens (tertiary/aromatic N) is 2. The van der Waals surface area contributed by atoms with Crippen LogP contribution in [0.15, 0.2) is 4.99 Å². The molecule has 0 bridgehead atoms. The number of rotatable bonds is 8. The summed E-state index contributed by atoms with van der Waals surface area (Å²) in [5.74, 6) is 0.827. The Hall–Kier alpha value is -0.450. The van der Waals surface area contributed by atoms with E-state index in [2.05, 4.69) is 15.6 Å². The molecule has 1 unspecified atom stereocenters. The van der Waals surface area contributed by atoms with E-state index < -0.39 is 0 Å². The van der Waals surface area contributed by atoms with Crippen molar-refractivity contribution in [1.82, 2.24) is 15.6 Å². The number of halogens is 1. The maximum absolute atomic E-state index is 9.32. The van der Waals surface area contributed by atoms with Gasteiger partial charge >= 0.3 is 0 Å². The van der Waals surface area contributed by atoms with Gasteiger partial charge in [-0.05, 0) is 44.9 Å². The fourth-order valence-electron chi connectivity index (χ4n) is 3.76. The molecule has 1 fully saturated rings. The molecule has 1 aliphatic heterocycles. The van der Waals surface area contributed by atoms with E-state index in [1.165, 1.54) is 41.3 Å². The van der Waals surface area contributed by atoms with Crippen LogP contribution in [0.3, 0.4) is 0 Å². The number of aliphatic hydroxyl groups is 1. The Labute approximate surface area is 183 Å². The predicted molar refractivity (Wildman–Crippen MR) is 121 cm³/mol. The summed E-state index contributed by atoms with van der Waals surface area (Å²) in [6, 6.07) is 0. The lowest BCUT2D eigenvalue weighted by Crippen LogP contribution is -2.44. The minimum atomic E-state index is 0. The third kappa shape index (κ3) is 6.54. The van der Waals surface area contributed by atoms with Crippen LogP contribution in [-0.4, -0.2) is 56.0 Å². The number of hydrogen-bond donors (Lipinski definition) is 3. The third-order valence-electron chi connectivity index (χ3n) is 5.43. The second kappa shape index (κ2) is 11.5. The summed E-state index contributed by atoms with van der Waals surface area (Å²) < 4.78 is 5.54. The monoisotopic (exact) mass is 508 g/mol. The Balaban J connectivity index is 0.00000261. The Morgan fingerprint density at radius 2 is 2.19 bits per heavy atom. The molecule has 8 heteroatoms. The molecule has 1 saturated heterocycles. The lowest BCUT2D eigenvalue weighted by molar-refractivity contribution is 0.127. The zero-order valence-electron chi connectivity index (χ0n) is 16.3. The molecule has 6 nitrogen and oxygen atoms in total. The van der Waals surface area contributed by atoms with Crippen molar-refractivity contribution in [2.24, 2.45) is 10.4 Å². The number of hydrogen-bond acceptors (Lipinski definition) is 5. The van der Waals surface area contributed by atoms with Gasteiger partial charge in [0, 0.05) is 50.1 Å². The Morgan fingerprint density at radius 3 is 2.89 bits per heavy atom. The van der Waals surface area contributed by atoms with Crippen molar-refractivity contribution in [3.05, 3.63) is 15.6 Å². The lowest BCUT2D eigenvalue weighted by atomic mass is 9.84. The molecule has 2 aliphatic rings. The molecule has 0 radical (unpaired) electrons. The van der Waals surface area contributed by atoms with Gasteiger partial charge in [0.15, 0.2) is 5.96 Å². The first-order chi connectivity index (χ1) is 12.7. The fraction of sp³-hybridized carbons (Fsp3) is 0.789. The number of nitrogens with one attached hydrogen (secondary N) is 2. The fourth-order valence-corrected chi connectivity index (χ4v) is 4.96. The molecular formula is C19H33IN4O2S. The summed E-state index contributed by atoms with van der Waals surface area (Å²) in [5.41, 5.74) is 1.39. The highest BCUT2D eigenvalue weighted by molar-refractivity contribution is 14.0. The van der Waals surface area contributed by atoms with Crippen molar-refractivity contribution in [3.63, 3.8) is 0 Å². The van der Waals surface area contributed by atoms with Gasteiger partial charge in [-0.2, -0.15) is 0 Å². The maximum Gasteiger partial charge on any atom is 0.190 e. The van der Waals surface area contributed by atoms with Gasteiger partial charge in [0.25, 0.3) is 0 Å². The normalized spacial score (nSPS) is 22.2. The first-order valence-electron chi connectivity index (χ1n) is 9.85. The molecule has 154 valence electrons. The highest BCUT2D eigenvalue weighted by Gasteiger charge is 2.34. The van der Waals surface area contributed by atoms with Crippen molar-refractivity contribution in [2.45, 2.75) is 51.4 Å². The summed E-state index contributed by atoms with van der Waals surface area (Å²) in [6.45, 7) is 3.37. The molecular weight excluding hydrogens is 475 g/mol. The van der Waals surface area contributed by atoms with Crippen LogP contribution in [0.25, 0.3) is 0 Å². The summed E-state index contributed by atoms with van der Waals surface area (Å²) >= 11 is 1.91. The number of thiazole rings is 1. The zero-order chi connectivity index (χ0) is 18.2. The van der Waals surface area contributed by atoms with Gasteiger partial charge < -0.3 is 20.5 Å². The Morgan fingerprint density at radius 1 is 1.33 bits per heavy atom. The van der Waals surface area contributed by atoms with Crippen molar-refractivity contribution in [2.75, 3.05) is 40.0 Å². The van der Waals surface area contributed by atoms with E-state index >= 15 is 0 Å². The number of ether oxygens (including phenoxy) is 1. The molecule has 1 aliphatic carbocycles. The van der Waals surface area contributed by atoms with Gasteiger partial charge in [-0.25, -0.2) is 4.98 Å². The number of aromatic nitrogens is 1. The molecule has 0 amide bonds. The third-order valence-corrected chi connectivity index (χ3v) is 6.65. The number of guanidine groups is 1. The van der Waals surface area contributed by atoms with Crippen LogP contribution < -0.4 is 10.6 Å². The molecule has 0 aromatic carbocycles. The second-order valence-corrected chi connectivity index (χ2v) is 8.59. The summed E-state index contributed by atoms with van der Waals surface area (Å²) in [7, 11) is 1.80. The highest BCUT2D eigenvalue weighted by atomic mass is 127. The molecule has 3 N–H and O–H groups in total. The maximum atomic E-state index is 9.32. The van der Waals surface area contributed by atoms with E-state index in [0.29, 0.717) is 6.61 Å². The summed E-state index contributed by atoms with van der Waals surface area (Å²) in [4.78, 5) is 10.6. The van der Waals surface area contributed by atoms with E-state index in [4.69, 9.17) is 9.72 Å². The molecule has 1 atom stereocenters. The van der Waals surface area contributed by atoms with Crippen molar-refractivity contribution < 1.29 is 9.84 Å². The average molecular weight is 508 g/mol. The quantitative estimate of drug-likeness (QED) is 0.218. The topological polar surface area (TPSA) is 78.8 Å². The average Bonchev–Trinajstić information content (AvgIpc) is 3.28. The van der Waals surface area contributed by atoms with Gasteiger partial charge in [0.1, 0.15) is 0 Å². The van der Waals surface area contributed by atoms with E-state index in [1.54, 1.807) is 7.05 Å². The standard InChI is InChI=1S/C19H32N4O2S.HI/c1-20-18(22-13-19(8-11-24)9-12-25-14-19)21-10-4-7-17-23-15-5-2-3-6-16(15)26-17;/h24H,2-14H2,1H3,(H2,20,21,22);1H. The molecule has 3 rings (SSSR count). The summed E-state index contributed by atoms with van der Waals surface area (Å²) in [5, 5.41) is 17.4. The Kier molecular flexibility index (Phi) is 9.75. The molecule has 1 aromatic rings. The van der Waals surface area contributed by atoms with E-state index in [9.17, 15) is 5.11 Å². The number of aliphatic imine (C=N–C) groups is 1. The summed E-state index contributed by atoms with van der Waals surface area (Å²) in [6.07, 6.45) is 8.85. The molecule has 1 aromatic heterocycles. The van der Waals surface area contributed by atoms with Crippen LogP contribution in [0.4, 0.5) is 0 Å².